The van der Waals surface area contributed by atoms with Crippen LogP contribution in [0.25, 0.3) is 11.2 Å². The number of nitro benzene ring substituents is 1. The summed E-state index contributed by atoms with van der Waals surface area (Å²) in [5, 5.41) is 27.7. The molecule has 0 aliphatic rings. The Bertz CT molecular complexity index is 1100. The van der Waals surface area contributed by atoms with Gasteiger partial charge in [-0.05, 0) is 11.1 Å². The molecule has 2 heterocycles. The number of aromatic amines is 1. The van der Waals surface area contributed by atoms with Crippen LogP contribution in [0.15, 0.2) is 54.6 Å². The Hall–Kier alpha value is -4.08. The molecule has 10 nitrogen and oxygen atoms in total. The zero-order chi connectivity index (χ0) is 19.3. The first-order chi connectivity index (χ1) is 13.7. The summed E-state index contributed by atoms with van der Waals surface area (Å²) in [6.45, 7) is 1.00. The van der Waals surface area contributed by atoms with Crippen LogP contribution in [0.4, 0.5) is 17.5 Å². The molecule has 0 aliphatic carbocycles. The minimum absolute atomic E-state index is 0.0531. The van der Waals surface area contributed by atoms with E-state index in [9.17, 15) is 10.1 Å². The van der Waals surface area contributed by atoms with Gasteiger partial charge >= 0.3 is 0 Å². The van der Waals surface area contributed by atoms with Crippen LogP contribution in [0, 0.1) is 10.1 Å². The maximum atomic E-state index is 10.7. The molecule has 0 spiro atoms. The molecule has 0 amide bonds. The number of aromatic nitrogens is 5. The number of rotatable bonds is 7. The summed E-state index contributed by atoms with van der Waals surface area (Å²) in [4.78, 5) is 19.2. The first-order valence-corrected chi connectivity index (χ1v) is 8.53. The first-order valence-electron chi connectivity index (χ1n) is 8.53. The molecule has 10 heteroatoms. The van der Waals surface area contributed by atoms with Crippen LogP contribution in [0.2, 0.25) is 0 Å². The predicted molar refractivity (Wildman–Crippen MR) is 104 cm³/mol. The number of hydrogen-bond donors (Lipinski definition) is 3. The van der Waals surface area contributed by atoms with Gasteiger partial charge in [0.25, 0.3) is 5.69 Å². The molecule has 0 atom stereocenters. The summed E-state index contributed by atoms with van der Waals surface area (Å²) in [6.07, 6.45) is 0. The molecule has 0 radical (unpaired) electrons. The van der Waals surface area contributed by atoms with Gasteiger partial charge in [-0.15, -0.1) is 5.10 Å². The van der Waals surface area contributed by atoms with Gasteiger partial charge in [-0.1, -0.05) is 47.7 Å². The number of anilines is 2. The van der Waals surface area contributed by atoms with Crippen LogP contribution in [0.5, 0.6) is 0 Å². The van der Waals surface area contributed by atoms with Crippen LogP contribution >= 0.6 is 0 Å². The highest BCUT2D eigenvalue weighted by molar-refractivity contribution is 5.82. The van der Waals surface area contributed by atoms with Crippen LogP contribution in [0.3, 0.4) is 0 Å². The number of nitrogens with one attached hydrogen (secondary N) is 3. The standard InChI is InChI=1S/C18H16N8O2/c27-26(28)14-8-6-13(7-9-14)11-20-18-21-16(15-17(22-18)24-25-23-15)19-10-12-4-2-1-3-5-12/h1-9H,10-11H2,(H3,19,20,21,22,23,24,25). The van der Waals surface area contributed by atoms with Crippen LogP contribution in [-0.4, -0.2) is 30.3 Å². The second kappa shape index (κ2) is 7.66. The lowest BCUT2D eigenvalue weighted by molar-refractivity contribution is -0.384. The molecule has 4 aromatic rings. The average molecular weight is 376 g/mol. The lowest BCUT2D eigenvalue weighted by atomic mass is 10.2. The van der Waals surface area contributed by atoms with Gasteiger partial charge < -0.3 is 10.6 Å². The average Bonchev–Trinajstić information content (AvgIpc) is 3.20. The molecule has 0 aliphatic heterocycles. The van der Waals surface area contributed by atoms with Crippen molar-refractivity contribution >= 4 is 28.6 Å². The van der Waals surface area contributed by atoms with Gasteiger partial charge in [0.2, 0.25) is 5.95 Å². The van der Waals surface area contributed by atoms with E-state index in [1.165, 1.54) is 12.1 Å². The van der Waals surface area contributed by atoms with Gasteiger partial charge in [0, 0.05) is 25.2 Å². The molecule has 28 heavy (non-hydrogen) atoms. The largest absolute Gasteiger partial charge is 0.364 e. The van der Waals surface area contributed by atoms with E-state index in [1.54, 1.807) is 12.1 Å². The Balaban J connectivity index is 1.50. The van der Waals surface area contributed by atoms with Crippen molar-refractivity contribution in [2.75, 3.05) is 10.6 Å². The number of nitrogens with zero attached hydrogens (tertiary/aromatic N) is 5. The topological polar surface area (TPSA) is 135 Å². The molecule has 3 N–H and O–H groups in total. The molecular weight excluding hydrogens is 360 g/mol. The zero-order valence-corrected chi connectivity index (χ0v) is 14.7. The lowest BCUT2D eigenvalue weighted by Gasteiger charge is -2.09. The monoisotopic (exact) mass is 376 g/mol. The second-order valence-electron chi connectivity index (χ2n) is 6.02. The van der Waals surface area contributed by atoms with Gasteiger partial charge in [-0.3, -0.25) is 10.1 Å². The highest BCUT2D eigenvalue weighted by Crippen LogP contribution is 2.19. The van der Waals surface area contributed by atoms with Crippen molar-refractivity contribution in [3.63, 3.8) is 0 Å². The zero-order valence-electron chi connectivity index (χ0n) is 14.7. The third kappa shape index (κ3) is 3.85. The fraction of sp³-hybridized carbons (Fsp3) is 0.111. The normalized spacial score (nSPS) is 10.7. The van der Waals surface area contributed by atoms with Crippen molar-refractivity contribution in [1.29, 1.82) is 0 Å². The quantitative estimate of drug-likeness (QED) is 0.331. The summed E-state index contributed by atoms with van der Waals surface area (Å²) in [6, 6.07) is 16.2. The molecule has 2 aromatic carbocycles. The molecular formula is C18H16N8O2. The highest BCUT2D eigenvalue weighted by atomic mass is 16.6. The van der Waals surface area contributed by atoms with Crippen LogP contribution < -0.4 is 10.6 Å². The summed E-state index contributed by atoms with van der Waals surface area (Å²) < 4.78 is 0. The number of fused-ring (bicyclic) bond motifs is 1. The van der Waals surface area contributed by atoms with Gasteiger partial charge in [-0.2, -0.15) is 9.97 Å². The molecule has 4 rings (SSSR count). The van der Waals surface area contributed by atoms with Crippen molar-refractivity contribution in [2.24, 2.45) is 0 Å². The van der Waals surface area contributed by atoms with E-state index in [0.29, 0.717) is 36.0 Å². The van der Waals surface area contributed by atoms with E-state index in [-0.39, 0.29) is 5.69 Å². The maximum absolute atomic E-state index is 10.7. The van der Waals surface area contributed by atoms with Crippen molar-refractivity contribution in [3.05, 3.63) is 75.8 Å². The summed E-state index contributed by atoms with van der Waals surface area (Å²) in [5.74, 6) is 0.960. The predicted octanol–water partition coefficient (Wildman–Crippen LogP) is 2.88. The fourth-order valence-electron chi connectivity index (χ4n) is 2.65. The molecule has 0 unspecified atom stereocenters. The van der Waals surface area contributed by atoms with Crippen LogP contribution in [0.1, 0.15) is 11.1 Å². The number of nitro groups is 1. The highest BCUT2D eigenvalue weighted by Gasteiger charge is 2.11. The number of benzene rings is 2. The number of hydrogen-bond acceptors (Lipinski definition) is 8. The molecule has 140 valence electrons. The smallest absolute Gasteiger partial charge is 0.269 e. The summed E-state index contributed by atoms with van der Waals surface area (Å²) in [5.41, 5.74) is 3.10. The van der Waals surface area contributed by atoms with Crippen molar-refractivity contribution in [3.8, 4) is 0 Å². The van der Waals surface area contributed by atoms with E-state index in [2.05, 4.69) is 36.0 Å². The van der Waals surface area contributed by atoms with Gasteiger partial charge in [0.1, 0.15) is 0 Å². The number of H-pyrrole nitrogens is 1. The molecule has 0 fully saturated rings. The third-order valence-electron chi connectivity index (χ3n) is 4.09. The van der Waals surface area contributed by atoms with E-state index < -0.39 is 4.92 Å². The Kier molecular flexibility index (Phi) is 4.74. The van der Waals surface area contributed by atoms with Gasteiger partial charge in [-0.25, -0.2) is 5.10 Å². The van der Waals surface area contributed by atoms with E-state index in [1.807, 2.05) is 30.3 Å². The molecule has 2 aromatic heterocycles. The molecule has 0 saturated carbocycles. The minimum Gasteiger partial charge on any atom is -0.364 e. The molecule has 0 saturated heterocycles. The van der Waals surface area contributed by atoms with Gasteiger partial charge in [0.05, 0.1) is 4.92 Å². The summed E-state index contributed by atoms with van der Waals surface area (Å²) >= 11 is 0. The van der Waals surface area contributed by atoms with Crippen molar-refractivity contribution in [2.45, 2.75) is 13.1 Å². The first kappa shape index (κ1) is 17.3. The Morgan fingerprint density at radius 2 is 1.64 bits per heavy atom. The lowest BCUT2D eigenvalue weighted by Crippen LogP contribution is -2.08. The Morgan fingerprint density at radius 3 is 2.39 bits per heavy atom. The van der Waals surface area contributed by atoms with E-state index >= 15 is 0 Å². The van der Waals surface area contributed by atoms with Crippen molar-refractivity contribution < 1.29 is 4.92 Å². The fourth-order valence-corrected chi connectivity index (χ4v) is 2.65. The maximum Gasteiger partial charge on any atom is 0.269 e. The number of non-ortho nitro benzene ring substituents is 1. The third-order valence-corrected chi connectivity index (χ3v) is 4.09. The molecule has 0 bridgehead atoms. The second-order valence-corrected chi connectivity index (χ2v) is 6.02. The van der Waals surface area contributed by atoms with E-state index in [4.69, 9.17) is 0 Å². The Morgan fingerprint density at radius 1 is 0.929 bits per heavy atom. The Labute approximate surface area is 159 Å². The minimum atomic E-state index is -0.426. The van der Waals surface area contributed by atoms with Crippen LogP contribution in [-0.2, 0) is 13.1 Å². The van der Waals surface area contributed by atoms with Crippen molar-refractivity contribution in [1.82, 2.24) is 25.4 Å². The van der Waals surface area contributed by atoms with E-state index in [0.717, 1.165) is 11.1 Å². The van der Waals surface area contributed by atoms with Gasteiger partial charge in [0.15, 0.2) is 17.0 Å². The summed E-state index contributed by atoms with van der Waals surface area (Å²) in [7, 11) is 0. The SMILES string of the molecule is O=[N+]([O-])c1ccc(CNc2nc(NCc3ccccc3)c3nn[nH]c3n2)cc1.